The van der Waals surface area contributed by atoms with Gasteiger partial charge in [0.25, 0.3) is 0 Å². The SMILES string of the molecule is N#CC1CCCCN1CCOCC(F)(F)F. The van der Waals surface area contributed by atoms with Crippen molar-refractivity contribution in [1.82, 2.24) is 4.90 Å². The lowest BCUT2D eigenvalue weighted by molar-refractivity contribution is -0.174. The molecule has 1 unspecified atom stereocenters. The Balaban J connectivity index is 2.19. The molecule has 1 atom stereocenters. The van der Waals surface area contributed by atoms with Crippen LogP contribution in [0.1, 0.15) is 19.3 Å². The van der Waals surface area contributed by atoms with E-state index in [9.17, 15) is 13.2 Å². The molecule has 0 aliphatic carbocycles. The number of nitriles is 1. The van der Waals surface area contributed by atoms with E-state index < -0.39 is 12.8 Å². The molecule has 92 valence electrons. The summed E-state index contributed by atoms with van der Waals surface area (Å²) < 4.78 is 39.8. The second kappa shape index (κ2) is 6.06. The van der Waals surface area contributed by atoms with Crippen LogP contribution in [0.4, 0.5) is 13.2 Å². The van der Waals surface area contributed by atoms with Gasteiger partial charge >= 0.3 is 6.18 Å². The maximum absolute atomic E-state index is 11.8. The molecular formula is C10H15F3N2O. The number of nitrogens with zero attached hydrogens (tertiary/aromatic N) is 2. The molecule has 0 aromatic carbocycles. The summed E-state index contributed by atoms with van der Waals surface area (Å²) in [6.07, 6.45) is -1.46. The lowest BCUT2D eigenvalue weighted by Gasteiger charge is -2.30. The maximum Gasteiger partial charge on any atom is 0.411 e. The van der Waals surface area contributed by atoms with E-state index in [1.165, 1.54) is 0 Å². The van der Waals surface area contributed by atoms with Crippen LogP contribution in [0.5, 0.6) is 0 Å². The van der Waals surface area contributed by atoms with Gasteiger partial charge in [0.1, 0.15) is 6.61 Å². The first-order chi connectivity index (χ1) is 7.53. The number of ether oxygens (including phenoxy) is 1. The van der Waals surface area contributed by atoms with Crippen molar-refractivity contribution >= 4 is 0 Å². The van der Waals surface area contributed by atoms with Gasteiger partial charge in [-0.05, 0) is 25.8 Å². The molecule has 0 radical (unpaired) electrons. The molecule has 0 saturated carbocycles. The van der Waals surface area contributed by atoms with Gasteiger partial charge in [0, 0.05) is 6.54 Å². The van der Waals surface area contributed by atoms with E-state index >= 15 is 0 Å². The largest absolute Gasteiger partial charge is 0.411 e. The van der Waals surface area contributed by atoms with E-state index in [2.05, 4.69) is 10.8 Å². The van der Waals surface area contributed by atoms with Gasteiger partial charge in [-0.25, -0.2) is 0 Å². The van der Waals surface area contributed by atoms with Crippen LogP contribution in [0.3, 0.4) is 0 Å². The van der Waals surface area contributed by atoms with Crippen LogP contribution in [-0.4, -0.2) is 43.4 Å². The predicted molar refractivity (Wildman–Crippen MR) is 51.7 cm³/mol. The minimum absolute atomic E-state index is 0.0255. The first-order valence-corrected chi connectivity index (χ1v) is 5.31. The average Bonchev–Trinajstić information content (AvgIpc) is 2.23. The molecule has 16 heavy (non-hydrogen) atoms. The summed E-state index contributed by atoms with van der Waals surface area (Å²) in [7, 11) is 0. The Bertz CT molecular complexity index is 249. The number of alkyl halides is 3. The van der Waals surface area contributed by atoms with E-state index in [1.54, 1.807) is 0 Å². The van der Waals surface area contributed by atoms with E-state index in [4.69, 9.17) is 5.26 Å². The quantitative estimate of drug-likeness (QED) is 0.700. The minimum atomic E-state index is -4.27. The molecule has 0 spiro atoms. The number of likely N-dealkylation sites (tertiary alicyclic amines) is 1. The Kier molecular flexibility index (Phi) is 5.03. The molecular weight excluding hydrogens is 221 g/mol. The zero-order chi connectivity index (χ0) is 12.0. The third kappa shape index (κ3) is 4.81. The van der Waals surface area contributed by atoms with Crippen molar-refractivity contribution < 1.29 is 17.9 Å². The fourth-order valence-corrected chi connectivity index (χ4v) is 1.77. The normalized spacial score (nSPS) is 23.0. The maximum atomic E-state index is 11.8. The number of hydrogen-bond acceptors (Lipinski definition) is 3. The number of rotatable bonds is 4. The Morgan fingerprint density at radius 2 is 2.12 bits per heavy atom. The molecule has 0 amide bonds. The van der Waals surface area contributed by atoms with Crippen molar-refractivity contribution in [2.45, 2.75) is 31.5 Å². The molecule has 1 fully saturated rings. The van der Waals surface area contributed by atoms with Crippen molar-refractivity contribution in [3.8, 4) is 6.07 Å². The summed E-state index contributed by atoms with van der Waals surface area (Å²) >= 11 is 0. The molecule has 1 aliphatic rings. The zero-order valence-electron chi connectivity index (χ0n) is 8.96. The highest BCUT2D eigenvalue weighted by Gasteiger charge is 2.28. The highest BCUT2D eigenvalue weighted by Crippen LogP contribution is 2.17. The first-order valence-electron chi connectivity index (χ1n) is 5.31. The topological polar surface area (TPSA) is 36.3 Å². The molecule has 1 aliphatic heterocycles. The molecule has 0 N–H and O–H groups in total. The third-order valence-corrected chi connectivity index (χ3v) is 2.55. The fraction of sp³-hybridized carbons (Fsp3) is 0.900. The highest BCUT2D eigenvalue weighted by atomic mass is 19.4. The number of piperidine rings is 1. The molecule has 1 heterocycles. The smallest absolute Gasteiger partial charge is 0.371 e. The first kappa shape index (κ1) is 13.3. The van der Waals surface area contributed by atoms with Crippen LogP contribution < -0.4 is 0 Å². The van der Waals surface area contributed by atoms with Crippen molar-refractivity contribution in [3.05, 3.63) is 0 Å². The Hall–Kier alpha value is -0.800. The summed E-state index contributed by atoms with van der Waals surface area (Å²) in [5.41, 5.74) is 0. The average molecular weight is 236 g/mol. The standard InChI is InChI=1S/C10H15F3N2O/c11-10(12,13)8-16-6-5-15-4-2-1-3-9(15)7-14/h9H,1-6,8H2. The summed E-state index contributed by atoms with van der Waals surface area (Å²) in [5, 5.41) is 8.83. The zero-order valence-corrected chi connectivity index (χ0v) is 8.96. The predicted octanol–water partition coefficient (Wildman–Crippen LogP) is 1.94. The molecule has 3 nitrogen and oxygen atoms in total. The fourth-order valence-electron chi connectivity index (χ4n) is 1.77. The van der Waals surface area contributed by atoms with Crippen molar-refractivity contribution in [2.75, 3.05) is 26.3 Å². The van der Waals surface area contributed by atoms with Gasteiger partial charge in [-0.3, -0.25) is 4.90 Å². The van der Waals surface area contributed by atoms with Crippen LogP contribution in [0, 0.1) is 11.3 Å². The van der Waals surface area contributed by atoms with Gasteiger partial charge in [0.05, 0.1) is 18.7 Å². The van der Waals surface area contributed by atoms with Crippen molar-refractivity contribution in [1.29, 1.82) is 5.26 Å². The molecule has 0 aromatic heterocycles. The summed E-state index contributed by atoms with van der Waals surface area (Å²) in [6, 6.07) is 2.00. The van der Waals surface area contributed by atoms with Gasteiger partial charge in [0.15, 0.2) is 0 Å². The Morgan fingerprint density at radius 1 is 1.38 bits per heavy atom. The Morgan fingerprint density at radius 3 is 2.75 bits per heavy atom. The van der Waals surface area contributed by atoms with Crippen molar-refractivity contribution in [3.63, 3.8) is 0 Å². The Labute approximate surface area is 92.8 Å². The summed E-state index contributed by atoms with van der Waals surface area (Å²) in [5.74, 6) is 0. The van der Waals surface area contributed by atoms with Gasteiger partial charge < -0.3 is 4.74 Å². The van der Waals surface area contributed by atoms with Crippen molar-refractivity contribution in [2.24, 2.45) is 0 Å². The molecule has 1 rings (SSSR count). The van der Waals surface area contributed by atoms with Crippen LogP contribution in [0.25, 0.3) is 0 Å². The summed E-state index contributed by atoms with van der Waals surface area (Å²) in [6.45, 7) is -0.0162. The van der Waals surface area contributed by atoms with E-state index in [-0.39, 0.29) is 12.6 Å². The van der Waals surface area contributed by atoms with Crippen LogP contribution >= 0.6 is 0 Å². The number of hydrogen-bond donors (Lipinski definition) is 0. The summed E-state index contributed by atoms with van der Waals surface area (Å²) in [4.78, 5) is 1.89. The van der Waals surface area contributed by atoms with E-state index in [0.29, 0.717) is 6.54 Å². The van der Waals surface area contributed by atoms with Gasteiger partial charge in [-0.15, -0.1) is 0 Å². The monoisotopic (exact) mass is 236 g/mol. The second-order valence-electron chi connectivity index (χ2n) is 3.84. The van der Waals surface area contributed by atoms with Gasteiger partial charge in [-0.1, -0.05) is 0 Å². The number of halogens is 3. The van der Waals surface area contributed by atoms with Crippen LogP contribution in [-0.2, 0) is 4.74 Å². The van der Waals surface area contributed by atoms with E-state index in [0.717, 1.165) is 25.8 Å². The van der Waals surface area contributed by atoms with E-state index in [1.807, 2.05) is 4.90 Å². The highest BCUT2D eigenvalue weighted by molar-refractivity contribution is 4.93. The minimum Gasteiger partial charge on any atom is -0.371 e. The lowest BCUT2D eigenvalue weighted by Crippen LogP contribution is -2.40. The van der Waals surface area contributed by atoms with Gasteiger partial charge in [-0.2, -0.15) is 18.4 Å². The van der Waals surface area contributed by atoms with Gasteiger partial charge in [0.2, 0.25) is 0 Å². The van der Waals surface area contributed by atoms with Crippen LogP contribution in [0.2, 0.25) is 0 Å². The van der Waals surface area contributed by atoms with Crippen LogP contribution in [0.15, 0.2) is 0 Å². The second-order valence-corrected chi connectivity index (χ2v) is 3.84. The third-order valence-electron chi connectivity index (χ3n) is 2.55. The molecule has 0 aromatic rings. The lowest BCUT2D eigenvalue weighted by atomic mass is 10.0. The molecule has 1 saturated heterocycles. The molecule has 0 bridgehead atoms. The molecule has 6 heteroatoms.